The normalized spacial score (nSPS) is 12.7. The van der Waals surface area contributed by atoms with Crippen molar-refractivity contribution in [2.24, 2.45) is 5.73 Å². The Balaban J connectivity index is 2.14. The molecule has 1 nitrogen and oxygen atoms in total. The van der Waals surface area contributed by atoms with Gasteiger partial charge in [-0.3, -0.25) is 0 Å². The Morgan fingerprint density at radius 3 is 2.65 bits per heavy atom. The summed E-state index contributed by atoms with van der Waals surface area (Å²) in [5, 5.41) is 0.736. The first-order chi connectivity index (χ1) is 8.06. The second kappa shape index (κ2) is 5.72. The van der Waals surface area contributed by atoms with Gasteiger partial charge < -0.3 is 5.73 Å². The van der Waals surface area contributed by atoms with E-state index >= 15 is 0 Å². The molecule has 1 heterocycles. The number of hydrogen-bond acceptors (Lipinski definition) is 2. The molecule has 1 atom stereocenters. The van der Waals surface area contributed by atoms with Gasteiger partial charge in [0.05, 0.1) is 0 Å². The molecule has 0 aliphatic rings. The molecular weight excluding hydrogens is 341 g/mol. The molecule has 1 aromatic carbocycles. The maximum atomic E-state index is 6.15. The Hall–Kier alpha value is -0.0600. The Labute approximate surface area is 123 Å². The molecule has 0 bridgehead atoms. The van der Waals surface area contributed by atoms with E-state index in [4.69, 9.17) is 28.9 Å². The smallest absolute Gasteiger partial charge is 0.107 e. The van der Waals surface area contributed by atoms with Crippen LogP contribution in [0, 0.1) is 0 Å². The van der Waals surface area contributed by atoms with Gasteiger partial charge >= 0.3 is 0 Å². The number of hydrogen-bond donors (Lipinski definition) is 1. The first-order valence-corrected chi connectivity index (χ1v) is 7.37. The standard InChI is InChI=1S/C12H10BrCl2NS/c13-9-6-11(17-12(9)15)10(16)5-7-2-1-3-8(14)4-7/h1-4,6,10H,5,16H2. The van der Waals surface area contributed by atoms with Crippen LogP contribution < -0.4 is 5.73 Å². The lowest BCUT2D eigenvalue weighted by Crippen LogP contribution is -2.11. The number of rotatable bonds is 3. The van der Waals surface area contributed by atoms with Crippen LogP contribution in [0.5, 0.6) is 0 Å². The van der Waals surface area contributed by atoms with E-state index in [0.717, 1.165) is 30.7 Å². The third-order valence-electron chi connectivity index (χ3n) is 2.37. The molecule has 1 unspecified atom stereocenters. The van der Waals surface area contributed by atoms with E-state index in [0.29, 0.717) is 0 Å². The van der Waals surface area contributed by atoms with Gasteiger partial charge in [-0.2, -0.15) is 0 Å². The fraction of sp³-hybridized carbons (Fsp3) is 0.167. The van der Waals surface area contributed by atoms with Crippen molar-refractivity contribution in [3.63, 3.8) is 0 Å². The zero-order valence-electron chi connectivity index (χ0n) is 8.79. The first kappa shape index (κ1) is 13.4. The maximum Gasteiger partial charge on any atom is 0.107 e. The van der Waals surface area contributed by atoms with Crippen LogP contribution in [0.25, 0.3) is 0 Å². The monoisotopic (exact) mass is 349 g/mol. The molecule has 0 aliphatic carbocycles. The first-order valence-electron chi connectivity index (χ1n) is 5.01. The molecule has 0 saturated heterocycles. The average Bonchev–Trinajstić information content (AvgIpc) is 2.59. The molecule has 0 spiro atoms. The van der Waals surface area contributed by atoms with Crippen molar-refractivity contribution < 1.29 is 0 Å². The highest BCUT2D eigenvalue weighted by Gasteiger charge is 2.12. The third-order valence-corrected chi connectivity index (χ3v) is 5.22. The van der Waals surface area contributed by atoms with E-state index in [9.17, 15) is 0 Å². The molecule has 0 amide bonds. The lowest BCUT2D eigenvalue weighted by Gasteiger charge is -2.09. The van der Waals surface area contributed by atoms with E-state index < -0.39 is 0 Å². The summed E-state index contributed by atoms with van der Waals surface area (Å²) < 4.78 is 1.64. The summed E-state index contributed by atoms with van der Waals surface area (Å²) in [5.41, 5.74) is 7.28. The third kappa shape index (κ3) is 3.46. The Bertz CT molecular complexity index is 507. The highest BCUT2D eigenvalue weighted by Crippen LogP contribution is 2.35. The number of nitrogens with two attached hydrogens (primary N) is 1. The van der Waals surface area contributed by atoms with Crippen molar-refractivity contribution in [1.29, 1.82) is 0 Å². The summed E-state index contributed by atoms with van der Waals surface area (Å²) in [6.45, 7) is 0. The Kier molecular flexibility index (Phi) is 4.50. The summed E-state index contributed by atoms with van der Waals surface area (Å²) in [7, 11) is 0. The number of thiophene rings is 1. The summed E-state index contributed by atoms with van der Waals surface area (Å²) in [4.78, 5) is 1.07. The molecule has 0 saturated carbocycles. The van der Waals surface area contributed by atoms with E-state index in [1.165, 1.54) is 11.3 Å². The second-order valence-corrected chi connectivity index (χ2v) is 6.69. The molecule has 5 heteroatoms. The minimum atomic E-state index is -0.0535. The molecular formula is C12H10BrCl2NS. The van der Waals surface area contributed by atoms with E-state index in [2.05, 4.69) is 15.9 Å². The van der Waals surface area contributed by atoms with Crippen LogP contribution >= 0.6 is 50.5 Å². The van der Waals surface area contributed by atoms with Crippen molar-refractivity contribution in [3.05, 3.63) is 54.6 Å². The maximum absolute atomic E-state index is 6.15. The highest BCUT2D eigenvalue weighted by atomic mass is 79.9. The molecule has 2 rings (SSSR count). The quantitative estimate of drug-likeness (QED) is 0.822. The molecule has 0 fully saturated rings. The van der Waals surface area contributed by atoms with Gasteiger partial charge in [-0.05, 0) is 46.1 Å². The minimum absolute atomic E-state index is 0.0535. The topological polar surface area (TPSA) is 26.0 Å². The number of benzene rings is 1. The van der Waals surface area contributed by atoms with Gasteiger partial charge in [-0.15, -0.1) is 11.3 Å². The van der Waals surface area contributed by atoms with Gasteiger partial charge in [0, 0.05) is 20.4 Å². The summed E-state index contributed by atoms with van der Waals surface area (Å²) in [6, 6.07) is 9.67. The van der Waals surface area contributed by atoms with Crippen molar-refractivity contribution in [3.8, 4) is 0 Å². The van der Waals surface area contributed by atoms with Crippen LogP contribution in [-0.2, 0) is 6.42 Å². The van der Waals surface area contributed by atoms with E-state index in [-0.39, 0.29) is 6.04 Å². The lowest BCUT2D eigenvalue weighted by molar-refractivity contribution is 0.736. The van der Waals surface area contributed by atoms with Crippen LogP contribution in [0.4, 0.5) is 0 Å². The predicted molar refractivity (Wildman–Crippen MR) is 79.1 cm³/mol. The SMILES string of the molecule is NC(Cc1cccc(Cl)c1)c1cc(Br)c(Cl)s1. The second-order valence-electron chi connectivity index (χ2n) is 3.71. The minimum Gasteiger partial charge on any atom is -0.323 e. The number of halogens is 3. The largest absolute Gasteiger partial charge is 0.323 e. The summed E-state index contributed by atoms with van der Waals surface area (Å²) in [5.74, 6) is 0. The Morgan fingerprint density at radius 1 is 1.29 bits per heavy atom. The van der Waals surface area contributed by atoms with Gasteiger partial charge in [-0.25, -0.2) is 0 Å². The van der Waals surface area contributed by atoms with Gasteiger partial charge in [0.2, 0.25) is 0 Å². The summed E-state index contributed by atoms with van der Waals surface area (Å²) >= 11 is 16.8. The predicted octanol–water partition coefficient (Wildman–Crippen LogP) is 5.06. The fourth-order valence-corrected chi connectivity index (χ4v) is 3.52. The lowest BCUT2D eigenvalue weighted by atomic mass is 10.1. The van der Waals surface area contributed by atoms with Crippen molar-refractivity contribution in [2.45, 2.75) is 12.5 Å². The molecule has 2 aromatic rings. The van der Waals surface area contributed by atoms with Crippen LogP contribution in [0.3, 0.4) is 0 Å². The highest BCUT2D eigenvalue weighted by molar-refractivity contribution is 9.10. The van der Waals surface area contributed by atoms with Gasteiger partial charge in [0.1, 0.15) is 4.34 Å². The molecule has 90 valence electrons. The van der Waals surface area contributed by atoms with Crippen LogP contribution in [0.2, 0.25) is 9.36 Å². The average molecular weight is 351 g/mol. The van der Waals surface area contributed by atoms with E-state index in [1.807, 2.05) is 30.3 Å². The fourth-order valence-electron chi connectivity index (χ4n) is 1.56. The zero-order valence-corrected chi connectivity index (χ0v) is 12.7. The molecule has 17 heavy (non-hydrogen) atoms. The van der Waals surface area contributed by atoms with Crippen molar-refractivity contribution in [1.82, 2.24) is 0 Å². The van der Waals surface area contributed by atoms with Gasteiger partial charge in [0.25, 0.3) is 0 Å². The van der Waals surface area contributed by atoms with Crippen LogP contribution in [-0.4, -0.2) is 0 Å². The van der Waals surface area contributed by atoms with Crippen LogP contribution in [0.1, 0.15) is 16.5 Å². The van der Waals surface area contributed by atoms with Crippen LogP contribution in [0.15, 0.2) is 34.8 Å². The zero-order chi connectivity index (χ0) is 12.4. The molecule has 0 aliphatic heterocycles. The van der Waals surface area contributed by atoms with Gasteiger partial charge in [0.15, 0.2) is 0 Å². The van der Waals surface area contributed by atoms with Crippen molar-refractivity contribution >= 4 is 50.5 Å². The van der Waals surface area contributed by atoms with Gasteiger partial charge in [-0.1, -0.05) is 35.3 Å². The molecule has 1 aromatic heterocycles. The van der Waals surface area contributed by atoms with E-state index in [1.54, 1.807) is 0 Å². The Morgan fingerprint density at radius 2 is 2.06 bits per heavy atom. The summed E-state index contributed by atoms with van der Waals surface area (Å²) in [6.07, 6.45) is 0.754. The molecule has 2 N–H and O–H groups in total. The van der Waals surface area contributed by atoms with Crippen molar-refractivity contribution in [2.75, 3.05) is 0 Å². The molecule has 0 radical (unpaired) electrons.